The van der Waals surface area contributed by atoms with Crippen LogP contribution in [0.5, 0.6) is 0 Å². The van der Waals surface area contributed by atoms with Gasteiger partial charge in [-0.15, -0.1) is 0 Å². The van der Waals surface area contributed by atoms with E-state index in [-0.39, 0.29) is 6.61 Å². The van der Waals surface area contributed by atoms with E-state index >= 15 is 0 Å². The van der Waals surface area contributed by atoms with Gasteiger partial charge in [0.1, 0.15) is 5.52 Å². The van der Waals surface area contributed by atoms with Gasteiger partial charge < -0.3 is 5.11 Å². The van der Waals surface area contributed by atoms with E-state index in [1.807, 2.05) is 13.1 Å². The Balaban J connectivity index is 2.69. The van der Waals surface area contributed by atoms with E-state index in [1.54, 1.807) is 16.9 Å². The molecule has 12 heavy (non-hydrogen) atoms. The lowest BCUT2D eigenvalue weighted by atomic mass is 10.3. The topological polar surface area (TPSA) is 50.9 Å². The van der Waals surface area contributed by atoms with Crippen molar-refractivity contribution in [1.82, 2.24) is 14.8 Å². The van der Waals surface area contributed by atoms with Gasteiger partial charge in [-0.05, 0) is 12.1 Å². The summed E-state index contributed by atoms with van der Waals surface area (Å²) in [6.07, 6.45) is 1.69. The number of rotatable bonds is 1. The second kappa shape index (κ2) is 2.57. The van der Waals surface area contributed by atoms with E-state index in [0.29, 0.717) is 5.69 Å². The number of hydrogen-bond acceptors (Lipinski definition) is 3. The smallest absolute Gasteiger partial charge is 0.109 e. The standard InChI is InChI=1S/C8H9N3O/c1-11-8-3-2-6(5-12)10-7(8)4-9-11/h2-4,12H,5H2,1H3. The van der Waals surface area contributed by atoms with Crippen LogP contribution >= 0.6 is 0 Å². The van der Waals surface area contributed by atoms with E-state index in [2.05, 4.69) is 10.1 Å². The van der Waals surface area contributed by atoms with Crippen LogP contribution in [0.25, 0.3) is 11.0 Å². The highest BCUT2D eigenvalue weighted by molar-refractivity contribution is 5.73. The molecule has 0 radical (unpaired) electrons. The highest BCUT2D eigenvalue weighted by atomic mass is 16.3. The zero-order chi connectivity index (χ0) is 8.55. The van der Waals surface area contributed by atoms with Crippen molar-refractivity contribution in [3.63, 3.8) is 0 Å². The molecule has 0 fully saturated rings. The van der Waals surface area contributed by atoms with Crippen LogP contribution in [-0.2, 0) is 13.7 Å². The van der Waals surface area contributed by atoms with Gasteiger partial charge in [0.15, 0.2) is 0 Å². The van der Waals surface area contributed by atoms with Crippen molar-refractivity contribution in [3.05, 3.63) is 24.0 Å². The molecule has 0 saturated carbocycles. The summed E-state index contributed by atoms with van der Waals surface area (Å²) in [4.78, 5) is 4.18. The van der Waals surface area contributed by atoms with Crippen molar-refractivity contribution in [2.75, 3.05) is 0 Å². The maximum atomic E-state index is 8.81. The third kappa shape index (κ3) is 0.967. The summed E-state index contributed by atoms with van der Waals surface area (Å²) >= 11 is 0. The number of fused-ring (bicyclic) bond motifs is 1. The van der Waals surface area contributed by atoms with Gasteiger partial charge in [-0.25, -0.2) is 4.98 Å². The number of pyridine rings is 1. The van der Waals surface area contributed by atoms with Crippen molar-refractivity contribution in [2.24, 2.45) is 7.05 Å². The minimum absolute atomic E-state index is 0.0230. The Morgan fingerprint density at radius 2 is 2.33 bits per heavy atom. The number of nitrogens with zero attached hydrogens (tertiary/aromatic N) is 3. The van der Waals surface area contributed by atoms with Gasteiger partial charge in [0.05, 0.1) is 24.0 Å². The zero-order valence-electron chi connectivity index (χ0n) is 6.73. The number of aryl methyl sites for hydroxylation is 1. The summed E-state index contributed by atoms with van der Waals surface area (Å²) in [7, 11) is 1.86. The number of aliphatic hydroxyl groups is 1. The van der Waals surface area contributed by atoms with E-state index in [1.165, 1.54) is 0 Å². The average molecular weight is 163 g/mol. The Morgan fingerprint density at radius 3 is 3.08 bits per heavy atom. The molecular weight excluding hydrogens is 154 g/mol. The third-order valence-electron chi connectivity index (χ3n) is 1.82. The molecule has 1 N–H and O–H groups in total. The van der Waals surface area contributed by atoms with E-state index < -0.39 is 0 Å². The molecular formula is C8H9N3O. The Kier molecular flexibility index (Phi) is 1.55. The van der Waals surface area contributed by atoms with Crippen LogP contribution in [0, 0.1) is 0 Å². The van der Waals surface area contributed by atoms with E-state index in [9.17, 15) is 0 Å². The fourth-order valence-electron chi connectivity index (χ4n) is 1.17. The largest absolute Gasteiger partial charge is 0.390 e. The third-order valence-corrected chi connectivity index (χ3v) is 1.82. The molecule has 0 atom stereocenters. The molecule has 0 aliphatic rings. The van der Waals surface area contributed by atoms with Crippen LogP contribution in [0.4, 0.5) is 0 Å². The fourth-order valence-corrected chi connectivity index (χ4v) is 1.17. The van der Waals surface area contributed by atoms with Gasteiger partial charge in [0, 0.05) is 7.05 Å². The second-order valence-corrected chi connectivity index (χ2v) is 2.63. The molecule has 0 unspecified atom stereocenters. The average Bonchev–Trinajstić information content (AvgIpc) is 2.47. The quantitative estimate of drug-likeness (QED) is 0.664. The summed E-state index contributed by atoms with van der Waals surface area (Å²) < 4.78 is 1.75. The summed E-state index contributed by atoms with van der Waals surface area (Å²) in [6, 6.07) is 3.70. The Labute approximate surface area is 69.5 Å². The molecule has 2 rings (SSSR count). The Morgan fingerprint density at radius 1 is 1.50 bits per heavy atom. The SMILES string of the molecule is Cn1ncc2nc(CO)ccc21. The molecule has 0 saturated heterocycles. The normalized spacial score (nSPS) is 10.8. The maximum Gasteiger partial charge on any atom is 0.109 e. The molecule has 0 spiro atoms. The molecule has 0 bridgehead atoms. The van der Waals surface area contributed by atoms with Crippen molar-refractivity contribution < 1.29 is 5.11 Å². The van der Waals surface area contributed by atoms with Crippen LogP contribution < -0.4 is 0 Å². The monoisotopic (exact) mass is 163 g/mol. The van der Waals surface area contributed by atoms with Crippen LogP contribution in [0.2, 0.25) is 0 Å². The van der Waals surface area contributed by atoms with E-state index in [4.69, 9.17) is 5.11 Å². The van der Waals surface area contributed by atoms with Crippen molar-refractivity contribution in [2.45, 2.75) is 6.61 Å². The highest BCUT2D eigenvalue weighted by Crippen LogP contribution is 2.10. The maximum absolute atomic E-state index is 8.81. The molecule has 0 aliphatic heterocycles. The lowest BCUT2D eigenvalue weighted by Crippen LogP contribution is -1.91. The molecule has 4 heteroatoms. The minimum Gasteiger partial charge on any atom is -0.390 e. The van der Waals surface area contributed by atoms with Gasteiger partial charge in [-0.1, -0.05) is 0 Å². The summed E-state index contributed by atoms with van der Waals surface area (Å²) in [6.45, 7) is -0.0230. The van der Waals surface area contributed by atoms with Gasteiger partial charge in [0.25, 0.3) is 0 Å². The molecule has 0 amide bonds. The highest BCUT2D eigenvalue weighted by Gasteiger charge is 2.00. The first-order valence-corrected chi connectivity index (χ1v) is 3.70. The molecule has 4 nitrogen and oxygen atoms in total. The molecule has 62 valence electrons. The summed E-state index contributed by atoms with van der Waals surface area (Å²) in [5.74, 6) is 0. The lowest BCUT2D eigenvalue weighted by Gasteiger charge is -1.95. The first-order valence-electron chi connectivity index (χ1n) is 3.70. The number of aromatic nitrogens is 3. The molecule has 2 aromatic heterocycles. The number of hydrogen-bond donors (Lipinski definition) is 1. The molecule has 2 aromatic rings. The van der Waals surface area contributed by atoms with Gasteiger partial charge in [-0.2, -0.15) is 5.10 Å². The fraction of sp³-hybridized carbons (Fsp3) is 0.250. The Hall–Kier alpha value is -1.42. The van der Waals surface area contributed by atoms with Crippen LogP contribution in [0.1, 0.15) is 5.69 Å². The first-order chi connectivity index (χ1) is 5.81. The molecule has 0 aromatic carbocycles. The number of aliphatic hydroxyl groups excluding tert-OH is 1. The molecule has 0 aliphatic carbocycles. The van der Waals surface area contributed by atoms with Crippen LogP contribution in [0.3, 0.4) is 0 Å². The van der Waals surface area contributed by atoms with Gasteiger partial charge >= 0.3 is 0 Å². The Bertz CT molecular complexity index is 408. The summed E-state index contributed by atoms with van der Waals surface area (Å²) in [5.41, 5.74) is 2.48. The van der Waals surface area contributed by atoms with E-state index in [0.717, 1.165) is 11.0 Å². The minimum atomic E-state index is -0.0230. The van der Waals surface area contributed by atoms with Crippen molar-refractivity contribution >= 4 is 11.0 Å². The first kappa shape index (κ1) is 7.24. The van der Waals surface area contributed by atoms with Crippen LogP contribution in [-0.4, -0.2) is 19.9 Å². The second-order valence-electron chi connectivity index (χ2n) is 2.63. The van der Waals surface area contributed by atoms with Crippen molar-refractivity contribution in [1.29, 1.82) is 0 Å². The van der Waals surface area contributed by atoms with Gasteiger partial charge in [0.2, 0.25) is 0 Å². The van der Waals surface area contributed by atoms with Crippen LogP contribution in [0.15, 0.2) is 18.3 Å². The van der Waals surface area contributed by atoms with Gasteiger partial charge in [-0.3, -0.25) is 4.68 Å². The lowest BCUT2D eigenvalue weighted by molar-refractivity contribution is 0.277. The predicted molar refractivity (Wildman–Crippen MR) is 44.4 cm³/mol. The van der Waals surface area contributed by atoms with Crippen molar-refractivity contribution in [3.8, 4) is 0 Å². The predicted octanol–water partition coefficient (Wildman–Crippen LogP) is 0.461. The molecule has 2 heterocycles. The summed E-state index contributed by atoms with van der Waals surface area (Å²) in [5, 5.41) is 12.9. The zero-order valence-corrected chi connectivity index (χ0v) is 6.73.